The standard InChI is InChI=1S/C19H26N4O4/c1-2-21-5-7-22(8-6-21)19(25)20-14-11-18(24)23(13-14)15-3-4-16-17(12-15)27-10-9-26-16/h3-4,12,14H,2,5-11,13H2,1H3,(H,20,25)/t14-/m1/s1. The normalized spacial score (nSPS) is 22.9. The van der Waals surface area contributed by atoms with Crippen LogP contribution in [0.3, 0.4) is 0 Å². The lowest BCUT2D eigenvalue weighted by Gasteiger charge is -2.34. The van der Waals surface area contributed by atoms with Crippen molar-refractivity contribution in [1.29, 1.82) is 0 Å². The lowest BCUT2D eigenvalue weighted by atomic mass is 10.2. The number of piperazine rings is 1. The maximum atomic E-state index is 12.5. The van der Waals surface area contributed by atoms with Crippen molar-refractivity contribution >= 4 is 17.6 Å². The highest BCUT2D eigenvalue weighted by Crippen LogP contribution is 2.35. The Morgan fingerprint density at radius 3 is 2.63 bits per heavy atom. The summed E-state index contributed by atoms with van der Waals surface area (Å²) in [6.45, 7) is 7.92. The van der Waals surface area contributed by atoms with Crippen molar-refractivity contribution in [1.82, 2.24) is 15.1 Å². The molecular weight excluding hydrogens is 348 g/mol. The number of urea groups is 1. The molecule has 0 radical (unpaired) electrons. The zero-order valence-electron chi connectivity index (χ0n) is 15.6. The highest BCUT2D eigenvalue weighted by molar-refractivity contribution is 5.97. The van der Waals surface area contributed by atoms with E-state index in [1.54, 1.807) is 4.90 Å². The van der Waals surface area contributed by atoms with E-state index in [9.17, 15) is 9.59 Å². The molecule has 8 nitrogen and oxygen atoms in total. The van der Waals surface area contributed by atoms with Gasteiger partial charge in [0.15, 0.2) is 11.5 Å². The molecule has 3 amide bonds. The minimum absolute atomic E-state index is 0.00720. The molecule has 4 rings (SSSR count). The number of rotatable bonds is 3. The van der Waals surface area contributed by atoms with E-state index < -0.39 is 0 Å². The molecule has 0 saturated carbocycles. The SMILES string of the molecule is CCN1CCN(C(=O)N[C@@H]2CC(=O)N(c3ccc4c(c3)OCCO4)C2)CC1. The molecule has 146 valence electrons. The first-order chi connectivity index (χ1) is 13.1. The van der Waals surface area contributed by atoms with Gasteiger partial charge in [0.1, 0.15) is 13.2 Å². The molecule has 8 heteroatoms. The molecule has 1 aromatic rings. The molecular formula is C19H26N4O4. The predicted molar refractivity (Wildman–Crippen MR) is 100 cm³/mol. The summed E-state index contributed by atoms with van der Waals surface area (Å²) in [6.07, 6.45) is 0.315. The van der Waals surface area contributed by atoms with Crippen LogP contribution < -0.4 is 19.7 Å². The smallest absolute Gasteiger partial charge is 0.317 e. The van der Waals surface area contributed by atoms with Crippen LogP contribution in [0.5, 0.6) is 11.5 Å². The van der Waals surface area contributed by atoms with Crippen molar-refractivity contribution in [2.75, 3.05) is 57.4 Å². The van der Waals surface area contributed by atoms with Crippen LogP contribution in [0.4, 0.5) is 10.5 Å². The molecule has 2 saturated heterocycles. The molecule has 0 unspecified atom stereocenters. The average molecular weight is 374 g/mol. The Morgan fingerprint density at radius 2 is 1.89 bits per heavy atom. The van der Waals surface area contributed by atoms with Crippen LogP contribution in [0.2, 0.25) is 0 Å². The van der Waals surface area contributed by atoms with Crippen LogP contribution in [-0.2, 0) is 4.79 Å². The topological polar surface area (TPSA) is 74.4 Å². The van der Waals surface area contributed by atoms with Crippen molar-refractivity contribution in [3.63, 3.8) is 0 Å². The number of nitrogens with one attached hydrogen (secondary N) is 1. The van der Waals surface area contributed by atoms with E-state index >= 15 is 0 Å². The summed E-state index contributed by atoms with van der Waals surface area (Å²) in [6, 6.07) is 5.27. The minimum atomic E-state index is -0.178. The second-order valence-corrected chi connectivity index (χ2v) is 7.10. The monoisotopic (exact) mass is 374 g/mol. The largest absolute Gasteiger partial charge is 0.486 e. The van der Waals surface area contributed by atoms with Gasteiger partial charge in [-0.25, -0.2) is 4.79 Å². The molecule has 27 heavy (non-hydrogen) atoms. The van der Waals surface area contributed by atoms with E-state index in [1.807, 2.05) is 23.1 Å². The summed E-state index contributed by atoms with van der Waals surface area (Å²) in [5, 5.41) is 3.02. The average Bonchev–Trinajstić information content (AvgIpc) is 3.07. The Balaban J connectivity index is 1.36. The third-order valence-electron chi connectivity index (χ3n) is 5.40. The molecule has 1 atom stereocenters. The van der Waals surface area contributed by atoms with Gasteiger partial charge in [0.2, 0.25) is 5.91 Å². The zero-order chi connectivity index (χ0) is 18.8. The molecule has 3 heterocycles. The van der Waals surface area contributed by atoms with E-state index in [2.05, 4.69) is 17.1 Å². The Morgan fingerprint density at radius 1 is 1.15 bits per heavy atom. The number of ether oxygens (including phenoxy) is 2. The minimum Gasteiger partial charge on any atom is -0.486 e. The zero-order valence-corrected chi connectivity index (χ0v) is 15.6. The Bertz CT molecular complexity index is 718. The molecule has 0 aromatic heterocycles. The van der Waals surface area contributed by atoms with Gasteiger partial charge in [-0.15, -0.1) is 0 Å². The number of hydrogen-bond donors (Lipinski definition) is 1. The number of amides is 3. The van der Waals surface area contributed by atoms with Gasteiger partial charge in [-0.3, -0.25) is 4.79 Å². The number of anilines is 1. The second-order valence-electron chi connectivity index (χ2n) is 7.10. The molecule has 3 aliphatic heterocycles. The summed E-state index contributed by atoms with van der Waals surface area (Å²) < 4.78 is 11.1. The predicted octanol–water partition coefficient (Wildman–Crippen LogP) is 0.910. The second kappa shape index (κ2) is 7.64. The van der Waals surface area contributed by atoms with Gasteiger partial charge in [-0.2, -0.15) is 0 Å². The fraction of sp³-hybridized carbons (Fsp3) is 0.579. The third kappa shape index (κ3) is 3.80. The Hall–Kier alpha value is -2.48. The number of benzene rings is 1. The molecule has 0 spiro atoms. The van der Waals surface area contributed by atoms with Gasteiger partial charge >= 0.3 is 6.03 Å². The van der Waals surface area contributed by atoms with Gasteiger partial charge in [-0.05, 0) is 18.7 Å². The number of hydrogen-bond acceptors (Lipinski definition) is 5. The number of nitrogens with zero attached hydrogens (tertiary/aromatic N) is 3. The lowest BCUT2D eigenvalue weighted by molar-refractivity contribution is -0.117. The number of carbonyl (C=O) groups excluding carboxylic acids is 2. The first-order valence-corrected chi connectivity index (χ1v) is 9.62. The summed E-state index contributed by atoms with van der Waals surface area (Å²) in [5.74, 6) is 1.37. The van der Waals surface area contributed by atoms with Crippen LogP contribution in [-0.4, -0.2) is 80.3 Å². The van der Waals surface area contributed by atoms with Crippen molar-refractivity contribution in [3.8, 4) is 11.5 Å². The molecule has 0 aliphatic carbocycles. The summed E-state index contributed by atoms with van der Waals surface area (Å²) in [5.41, 5.74) is 0.776. The van der Waals surface area contributed by atoms with Crippen LogP contribution >= 0.6 is 0 Å². The quantitative estimate of drug-likeness (QED) is 0.851. The van der Waals surface area contributed by atoms with Crippen molar-refractivity contribution in [2.45, 2.75) is 19.4 Å². The lowest BCUT2D eigenvalue weighted by Crippen LogP contribution is -2.53. The summed E-state index contributed by atoms with van der Waals surface area (Å²) >= 11 is 0. The van der Waals surface area contributed by atoms with Crippen molar-refractivity contribution in [2.24, 2.45) is 0 Å². The fourth-order valence-corrected chi connectivity index (χ4v) is 3.79. The van der Waals surface area contributed by atoms with Crippen LogP contribution in [0.15, 0.2) is 18.2 Å². The van der Waals surface area contributed by atoms with Gasteiger partial charge in [0.25, 0.3) is 0 Å². The fourth-order valence-electron chi connectivity index (χ4n) is 3.79. The summed E-state index contributed by atoms with van der Waals surface area (Å²) in [4.78, 5) is 30.9. The van der Waals surface area contributed by atoms with Crippen molar-refractivity contribution < 1.29 is 19.1 Å². The number of likely N-dealkylation sites (N-methyl/N-ethyl adjacent to an activating group) is 1. The summed E-state index contributed by atoms with van der Waals surface area (Å²) in [7, 11) is 0. The van der Waals surface area contributed by atoms with E-state index in [4.69, 9.17) is 9.47 Å². The van der Waals surface area contributed by atoms with Crippen LogP contribution in [0, 0.1) is 0 Å². The highest BCUT2D eigenvalue weighted by Gasteiger charge is 2.33. The van der Waals surface area contributed by atoms with Crippen LogP contribution in [0.25, 0.3) is 0 Å². The molecule has 3 aliphatic rings. The van der Waals surface area contributed by atoms with Gasteiger partial charge in [-0.1, -0.05) is 6.92 Å². The third-order valence-corrected chi connectivity index (χ3v) is 5.40. The van der Waals surface area contributed by atoms with Gasteiger partial charge in [0, 0.05) is 50.9 Å². The molecule has 2 fully saturated rings. The van der Waals surface area contributed by atoms with Crippen LogP contribution in [0.1, 0.15) is 13.3 Å². The molecule has 1 N–H and O–H groups in total. The van der Waals surface area contributed by atoms with E-state index in [-0.39, 0.29) is 18.0 Å². The number of carbonyl (C=O) groups is 2. The van der Waals surface area contributed by atoms with E-state index in [1.165, 1.54) is 0 Å². The maximum Gasteiger partial charge on any atom is 0.317 e. The molecule has 1 aromatic carbocycles. The first-order valence-electron chi connectivity index (χ1n) is 9.62. The van der Waals surface area contributed by atoms with Gasteiger partial charge in [0.05, 0.1) is 6.04 Å². The Kier molecular flexibility index (Phi) is 5.07. The highest BCUT2D eigenvalue weighted by atomic mass is 16.6. The molecule has 0 bridgehead atoms. The van der Waals surface area contributed by atoms with Crippen molar-refractivity contribution in [3.05, 3.63) is 18.2 Å². The Labute approximate surface area is 159 Å². The first kappa shape index (κ1) is 17.9. The number of fused-ring (bicyclic) bond motifs is 1. The maximum absolute atomic E-state index is 12.5. The van der Waals surface area contributed by atoms with Gasteiger partial charge < -0.3 is 29.5 Å². The van der Waals surface area contributed by atoms with E-state index in [0.717, 1.165) is 38.4 Å². The van der Waals surface area contributed by atoms with E-state index in [0.29, 0.717) is 37.7 Å².